The van der Waals surface area contributed by atoms with Gasteiger partial charge in [0.1, 0.15) is 10.9 Å². The number of rotatable bonds is 2. The zero-order valence-corrected chi connectivity index (χ0v) is 9.28. The average Bonchev–Trinajstić information content (AvgIpc) is 2.55. The predicted molar refractivity (Wildman–Crippen MR) is 58.5 cm³/mol. The van der Waals surface area contributed by atoms with Crippen molar-refractivity contribution >= 4 is 33.1 Å². The van der Waals surface area contributed by atoms with Gasteiger partial charge in [-0.3, -0.25) is 9.48 Å². The van der Waals surface area contributed by atoms with Gasteiger partial charge in [0.05, 0.1) is 5.52 Å². The molecule has 0 saturated heterocycles. The second kappa shape index (κ2) is 3.53. The quantitative estimate of drug-likeness (QED) is 0.771. The van der Waals surface area contributed by atoms with E-state index in [1.807, 2.05) is 17.7 Å². The number of aromatic nitrogens is 2. The first kappa shape index (κ1) is 9.40. The van der Waals surface area contributed by atoms with Crippen LogP contribution in [0.15, 0.2) is 22.8 Å². The van der Waals surface area contributed by atoms with Gasteiger partial charge < -0.3 is 0 Å². The molecule has 2 aromatic rings. The molecular weight excluding hydrogens is 244 g/mol. The summed E-state index contributed by atoms with van der Waals surface area (Å²) in [6, 6.07) is 5.49. The van der Waals surface area contributed by atoms with E-state index >= 15 is 0 Å². The Labute approximate surface area is 89.8 Å². The Morgan fingerprint density at radius 1 is 1.57 bits per heavy atom. The van der Waals surface area contributed by atoms with Gasteiger partial charge in [-0.05, 0) is 35.0 Å². The summed E-state index contributed by atoms with van der Waals surface area (Å²) >= 11 is 3.47. The van der Waals surface area contributed by atoms with Crippen LogP contribution in [0.5, 0.6) is 0 Å². The van der Waals surface area contributed by atoms with Crippen molar-refractivity contribution in [1.29, 1.82) is 0 Å². The van der Waals surface area contributed by atoms with Gasteiger partial charge in [-0.1, -0.05) is 6.07 Å². The summed E-state index contributed by atoms with van der Waals surface area (Å²) in [7, 11) is 0. The number of hydrogen-bond acceptors (Lipinski definition) is 2. The first-order chi connectivity index (χ1) is 6.76. The molecule has 0 saturated carbocycles. The van der Waals surface area contributed by atoms with Gasteiger partial charge in [-0.2, -0.15) is 5.10 Å². The van der Waals surface area contributed by atoms with Crippen molar-refractivity contribution in [3.8, 4) is 0 Å². The Morgan fingerprint density at radius 2 is 2.36 bits per heavy atom. The van der Waals surface area contributed by atoms with Crippen molar-refractivity contribution in [2.75, 3.05) is 0 Å². The lowest BCUT2D eigenvalue weighted by atomic mass is 10.2. The molecule has 1 aromatic heterocycles. The Morgan fingerprint density at radius 3 is 3.00 bits per heavy atom. The second-order valence-electron chi connectivity index (χ2n) is 3.00. The van der Waals surface area contributed by atoms with Gasteiger partial charge >= 0.3 is 0 Å². The van der Waals surface area contributed by atoms with Gasteiger partial charge in [0.2, 0.25) is 0 Å². The normalized spacial score (nSPS) is 10.7. The van der Waals surface area contributed by atoms with Crippen molar-refractivity contribution in [2.24, 2.45) is 0 Å². The van der Waals surface area contributed by atoms with E-state index in [-0.39, 0.29) is 0 Å². The standard InChI is InChI=1S/C10H9BrN2O/c1-2-13-10(11)8-4-3-7(6-14)5-9(8)12-13/h3-6H,2H2,1H3. The minimum absolute atomic E-state index is 0.658. The van der Waals surface area contributed by atoms with Crippen molar-refractivity contribution < 1.29 is 4.79 Å². The number of aryl methyl sites for hydroxylation is 1. The molecule has 4 heteroatoms. The maximum absolute atomic E-state index is 10.6. The predicted octanol–water partition coefficient (Wildman–Crippen LogP) is 2.63. The van der Waals surface area contributed by atoms with E-state index in [0.717, 1.165) is 28.3 Å². The van der Waals surface area contributed by atoms with Crippen LogP contribution in [0.25, 0.3) is 10.9 Å². The van der Waals surface area contributed by atoms with E-state index in [9.17, 15) is 4.79 Å². The molecule has 0 aliphatic rings. The molecule has 2 rings (SSSR count). The van der Waals surface area contributed by atoms with E-state index < -0.39 is 0 Å². The molecule has 3 nitrogen and oxygen atoms in total. The van der Waals surface area contributed by atoms with Gasteiger partial charge in [-0.25, -0.2) is 0 Å². The van der Waals surface area contributed by atoms with Crippen LogP contribution in [0.1, 0.15) is 17.3 Å². The summed E-state index contributed by atoms with van der Waals surface area (Å²) in [5.41, 5.74) is 1.51. The van der Waals surface area contributed by atoms with Crippen LogP contribution < -0.4 is 0 Å². The van der Waals surface area contributed by atoms with Gasteiger partial charge in [0, 0.05) is 17.5 Å². The first-order valence-corrected chi connectivity index (χ1v) is 5.16. The molecule has 0 amide bonds. The molecule has 0 aliphatic heterocycles. The molecule has 0 fully saturated rings. The molecule has 0 bridgehead atoms. The number of halogens is 1. The summed E-state index contributed by atoms with van der Waals surface area (Å²) in [6.07, 6.45) is 0.832. The van der Waals surface area contributed by atoms with E-state index in [1.54, 1.807) is 12.1 Å². The summed E-state index contributed by atoms with van der Waals surface area (Å²) in [4.78, 5) is 10.6. The molecule has 0 radical (unpaired) electrons. The smallest absolute Gasteiger partial charge is 0.150 e. The van der Waals surface area contributed by atoms with Crippen molar-refractivity contribution in [3.05, 3.63) is 28.4 Å². The van der Waals surface area contributed by atoms with Crippen molar-refractivity contribution in [2.45, 2.75) is 13.5 Å². The molecule has 0 spiro atoms. The Kier molecular flexibility index (Phi) is 2.37. The fourth-order valence-corrected chi connectivity index (χ4v) is 2.07. The Balaban J connectivity index is 2.72. The van der Waals surface area contributed by atoms with Crippen LogP contribution in [0.4, 0.5) is 0 Å². The second-order valence-corrected chi connectivity index (χ2v) is 3.75. The molecule has 0 atom stereocenters. The van der Waals surface area contributed by atoms with Crippen LogP contribution in [0.3, 0.4) is 0 Å². The van der Waals surface area contributed by atoms with Gasteiger partial charge in [0.25, 0.3) is 0 Å². The zero-order valence-electron chi connectivity index (χ0n) is 7.70. The number of nitrogens with zero attached hydrogens (tertiary/aromatic N) is 2. The van der Waals surface area contributed by atoms with E-state index in [4.69, 9.17) is 0 Å². The third-order valence-electron chi connectivity index (χ3n) is 2.13. The molecule has 1 heterocycles. The Bertz CT molecular complexity index is 490. The van der Waals surface area contributed by atoms with Crippen LogP contribution >= 0.6 is 15.9 Å². The van der Waals surface area contributed by atoms with Gasteiger partial charge in [0.15, 0.2) is 0 Å². The maximum Gasteiger partial charge on any atom is 0.150 e. The highest BCUT2D eigenvalue weighted by molar-refractivity contribution is 9.10. The molecule has 14 heavy (non-hydrogen) atoms. The van der Waals surface area contributed by atoms with Gasteiger partial charge in [-0.15, -0.1) is 0 Å². The first-order valence-electron chi connectivity index (χ1n) is 4.37. The van der Waals surface area contributed by atoms with Crippen LogP contribution in [-0.2, 0) is 6.54 Å². The average molecular weight is 253 g/mol. The lowest BCUT2D eigenvalue weighted by molar-refractivity contribution is 0.112. The molecule has 1 aromatic carbocycles. The fourth-order valence-electron chi connectivity index (χ4n) is 1.40. The molecule has 72 valence electrons. The van der Waals surface area contributed by atoms with Crippen molar-refractivity contribution in [1.82, 2.24) is 9.78 Å². The largest absolute Gasteiger partial charge is 0.298 e. The lowest BCUT2D eigenvalue weighted by Gasteiger charge is -1.94. The topological polar surface area (TPSA) is 34.9 Å². The number of carbonyl (C=O) groups is 1. The zero-order chi connectivity index (χ0) is 10.1. The molecule has 0 unspecified atom stereocenters. The number of hydrogen-bond donors (Lipinski definition) is 0. The molecule has 0 N–H and O–H groups in total. The maximum atomic E-state index is 10.6. The summed E-state index contributed by atoms with van der Waals surface area (Å²) < 4.78 is 2.83. The highest BCUT2D eigenvalue weighted by Crippen LogP contribution is 2.24. The fraction of sp³-hybridized carbons (Fsp3) is 0.200. The highest BCUT2D eigenvalue weighted by Gasteiger charge is 2.07. The van der Waals surface area contributed by atoms with E-state index in [1.165, 1.54) is 0 Å². The van der Waals surface area contributed by atoms with E-state index in [2.05, 4.69) is 21.0 Å². The third-order valence-corrected chi connectivity index (χ3v) is 2.97. The molecular formula is C10H9BrN2O. The van der Waals surface area contributed by atoms with Crippen LogP contribution in [-0.4, -0.2) is 16.1 Å². The SMILES string of the molecule is CCn1nc2cc(C=O)ccc2c1Br. The molecule has 0 aliphatic carbocycles. The minimum Gasteiger partial charge on any atom is -0.298 e. The van der Waals surface area contributed by atoms with Crippen LogP contribution in [0.2, 0.25) is 0 Å². The Hall–Kier alpha value is -1.16. The number of aldehydes is 1. The van der Waals surface area contributed by atoms with Crippen molar-refractivity contribution in [3.63, 3.8) is 0 Å². The lowest BCUT2D eigenvalue weighted by Crippen LogP contribution is -1.95. The summed E-state index contributed by atoms with van der Waals surface area (Å²) in [6.45, 7) is 2.84. The number of fused-ring (bicyclic) bond motifs is 1. The summed E-state index contributed by atoms with van der Waals surface area (Å²) in [5, 5.41) is 5.39. The van der Waals surface area contributed by atoms with E-state index in [0.29, 0.717) is 5.56 Å². The summed E-state index contributed by atoms with van der Waals surface area (Å²) in [5.74, 6) is 0. The van der Waals surface area contributed by atoms with Crippen LogP contribution in [0, 0.1) is 0 Å². The minimum atomic E-state index is 0.658. The number of benzene rings is 1. The third kappa shape index (κ3) is 1.35. The number of carbonyl (C=O) groups excluding carboxylic acids is 1. The monoisotopic (exact) mass is 252 g/mol. The highest BCUT2D eigenvalue weighted by atomic mass is 79.9.